The van der Waals surface area contributed by atoms with Gasteiger partial charge in [-0.15, -0.1) is 0 Å². The number of carbonyl (C=O) groups is 1. The molecule has 0 saturated heterocycles. The maximum Gasteiger partial charge on any atom is 0.351 e. The normalized spacial score (nSPS) is 10.6. The summed E-state index contributed by atoms with van der Waals surface area (Å²) in [5.41, 5.74) is -1.50. The number of rotatable bonds is 2. The van der Waals surface area contributed by atoms with Crippen LogP contribution in [0.5, 0.6) is 11.5 Å². The predicted octanol–water partition coefficient (Wildman–Crippen LogP) is 1.97. The number of hydrogen-bond donors (Lipinski definition) is 2. The van der Waals surface area contributed by atoms with Crippen molar-refractivity contribution in [3.05, 3.63) is 32.6 Å². The van der Waals surface area contributed by atoms with Crippen molar-refractivity contribution in [2.75, 3.05) is 7.11 Å². The molecular weight excluding hydrogens is 308 g/mol. The average Bonchev–Trinajstić information content (AvgIpc) is 2.31. The minimum atomic E-state index is -1.38. The predicted molar refractivity (Wildman–Crippen MR) is 65.4 cm³/mol. The minimum Gasteiger partial charge on any atom is -0.503 e. The highest BCUT2D eigenvalue weighted by Gasteiger charge is 2.18. The molecule has 0 bridgehead atoms. The Morgan fingerprint density at radius 3 is 2.67 bits per heavy atom. The highest BCUT2D eigenvalue weighted by Crippen LogP contribution is 2.40. The van der Waals surface area contributed by atoms with Crippen molar-refractivity contribution in [1.82, 2.24) is 0 Å². The van der Waals surface area contributed by atoms with Crippen LogP contribution in [-0.4, -0.2) is 23.3 Å². The summed E-state index contributed by atoms with van der Waals surface area (Å²) < 4.78 is 10.1. The lowest BCUT2D eigenvalue weighted by molar-refractivity contribution is 0.0692. The van der Waals surface area contributed by atoms with Gasteiger partial charge in [-0.3, -0.25) is 0 Å². The molecule has 0 aliphatic heterocycles. The third-order valence-corrected chi connectivity index (χ3v) is 2.95. The molecule has 0 unspecified atom stereocenters. The Balaban J connectivity index is 2.93. The monoisotopic (exact) mass is 314 g/mol. The lowest BCUT2D eigenvalue weighted by Crippen LogP contribution is -2.13. The van der Waals surface area contributed by atoms with Crippen LogP contribution in [0.25, 0.3) is 11.0 Å². The first kappa shape index (κ1) is 12.4. The molecule has 0 amide bonds. The zero-order valence-corrected chi connectivity index (χ0v) is 10.6. The minimum absolute atomic E-state index is 0.00630. The van der Waals surface area contributed by atoms with E-state index in [1.165, 1.54) is 13.2 Å². The molecule has 7 heteroatoms. The summed E-state index contributed by atoms with van der Waals surface area (Å²) in [4.78, 5) is 22.3. The fourth-order valence-electron chi connectivity index (χ4n) is 1.53. The van der Waals surface area contributed by atoms with Crippen molar-refractivity contribution < 1.29 is 24.2 Å². The van der Waals surface area contributed by atoms with Crippen LogP contribution in [-0.2, 0) is 0 Å². The van der Waals surface area contributed by atoms with Crippen LogP contribution >= 0.6 is 15.9 Å². The van der Waals surface area contributed by atoms with Crippen LogP contribution < -0.4 is 10.4 Å². The first-order valence-corrected chi connectivity index (χ1v) is 5.51. The highest BCUT2D eigenvalue weighted by molar-refractivity contribution is 9.10. The zero-order valence-electron chi connectivity index (χ0n) is 9.06. The number of ether oxygens (including phenoxy) is 1. The van der Waals surface area contributed by atoms with Gasteiger partial charge >= 0.3 is 11.6 Å². The molecule has 2 aromatic rings. The first-order valence-electron chi connectivity index (χ1n) is 4.72. The summed E-state index contributed by atoms with van der Waals surface area (Å²) in [7, 11) is 1.30. The highest BCUT2D eigenvalue weighted by atomic mass is 79.9. The standard InChI is InChI=1S/C11H7BrO6/c1-17-9-7(13)6(12)3-4-2-5(10(14)15)11(16)18-8(4)9/h2-3,13H,1H3,(H,14,15). The van der Waals surface area contributed by atoms with Gasteiger partial charge in [-0.1, -0.05) is 0 Å². The Bertz CT molecular complexity index is 703. The van der Waals surface area contributed by atoms with E-state index in [0.717, 1.165) is 6.07 Å². The van der Waals surface area contributed by atoms with E-state index in [1.54, 1.807) is 0 Å². The Morgan fingerprint density at radius 2 is 2.11 bits per heavy atom. The van der Waals surface area contributed by atoms with Crippen molar-refractivity contribution in [1.29, 1.82) is 0 Å². The van der Waals surface area contributed by atoms with E-state index in [4.69, 9.17) is 14.3 Å². The third-order valence-electron chi connectivity index (χ3n) is 2.34. The molecule has 94 valence electrons. The van der Waals surface area contributed by atoms with Crippen LogP contribution in [0.2, 0.25) is 0 Å². The third kappa shape index (κ3) is 1.82. The van der Waals surface area contributed by atoms with Gasteiger partial charge in [0.1, 0.15) is 5.56 Å². The fraction of sp³-hybridized carbons (Fsp3) is 0.0909. The number of fused-ring (bicyclic) bond motifs is 1. The second kappa shape index (κ2) is 4.34. The summed E-state index contributed by atoms with van der Waals surface area (Å²) in [5, 5.41) is 18.9. The van der Waals surface area contributed by atoms with Gasteiger partial charge in [0.15, 0.2) is 11.3 Å². The molecule has 18 heavy (non-hydrogen) atoms. The van der Waals surface area contributed by atoms with Crippen LogP contribution in [0.3, 0.4) is 0 Å². The number of carboxylic acid groups (broad SMARTS) is 1. The number of aromatic carboxylic acids is 1. The quantitative estimate of drug-likeness (QED) is 0.822. The zero-order chi connectivity index (χ0) is 13.4. The number of hydrogen-bond acceptors (Lipinski definition) is 5. The summed E-state index contributed by atoms with van der Waals surface area (Å²) in [6, 6.07) is 2.60. The number of benzene rings is 1. The summed E-state index contributed by atoms with van der Waals surface area (Å²) in [6.07, 6.45) is 0. The Morgan fingerprint density at radius 1 is 1.44 bits per heavy atom. The smallest absolute Gasteiger partial charge is 0.351 e. The average molecular weight is 315 g/mol. The largest absolute Gasteiger partial charge is 0.503 e. The van der Waals surface area contributed by atoms with Gasteiger partial charge in [0.05, 0.1) is 11.6 Å². The van der Waals surface area contributed by atoms with E-state index in [9.17, 15) is 14.7 Å². The van der Waals surface area contributed by atoms with Gasteiger partial charge in [-0.2, -0.15) is 0 Å². The van der Waals surface area contributed by atoms with Gasteiger partial charge in [-0.05, 0) is 28.1 Å². The molecule has 1 heterocycles. The summed E-state index contributed by atoms with van der Waals surface area (Å²) in [6.45, 7) is 0. The first-order chi connectivity index (χ1) is 8.45. The topological polar surface area (TPSA) is 97.0 Å². The number of carboxylic acids is 1. The SMILES string of the molecule is COc1c(O)c(Br)cc2cc(C(=O)O)c(=O)oc12. The number of phenolic OH excluding ortho intramolecular Hbond substituents is 1. The molecule has 0 atom stereocenters. The van der Waals surface area contributed by atoms with Gasteiger partial charge < -0.3 is 19.4 Å². The van der Waals surface area contributed by atoms with Crippen molar-refractivity contribution in [2.24, 2.45) is 0 Å². The van der Waals surface area contributed by atoms with Gasteiger partial charge in [-0.25, -0.2) is 9.59 Å². The van der Waals surface area contributed by atoms with E-state index in [0.29, 0.717) is 9.86 Å². The fourth-order valence-corrected chi connectivity index (χ4v) is 1.96. The molecule has 0 aliphatic carbocycles. The second-order valence-electron chi connectivity index (χ2n) is 3.41. The van der Waals surface area contributed by atoms with E-state index in [-0.39, 0.29) is 17.1 Å². The number of aromatic hydroxyl groups is 1. The Kier molecular flexibility index (Phi) is 3.00. The summed E-state index contributed by atoms with van der Waals surface area (Å²) in [5.74, 6) is -1.64. The van der Waals surface area contributed by atoms with Crippen LogP contribution in [0.1, 0.15) is 10.4 Å². The molecular formula is C11H7BrO6. The van der Waals surface area contributed by atoms with Gasteiger partial charge in [0.25, 0.3) is 0 Å². The Labute approximate surface area is 109 Å². The van der Waals surface area contributed by atoms with E-state index >= 15 is 0 Å². The lowest BCUT2D eigenvalue weighted by Gasteiger charge is -2.08. The molecule has 1 aromatic carbocycles. The second-order valence-corrected chi connectivity index (χ2v) is 4.27. The van der Waals surface area contributed by atoms with E-state index < -0.39 is 17.2 Å². The number of methoxy groups -OCH3 is 1. The van der Waals surface area contributed by atoms with Crippen molar-refractivity contribution in [3.8, 4) is 11.5 Å². The van der Waals surface area contributed by atoms with Crippen molar-refractivity contribution in [2.45, 2.75) is 0 Å². The van der Waals surface area contributed by atoms with Crippen LogP contribution in [0.15, 0.2) is 25.8 Å². The van der Waals surface area contributed by atoms with Crippen LogP contribution in [0, 0.1) is 0 Å². The molecule has 0 radical (unpaired) electrons. The molecule has 0 aliphatic rings. The summed E-state index contributed by atoms with van der Waals surface area (Å²) >= 11 is 3.09. The molecule has 2 rings (SSSR count). The van der Waals surface area contributed by atoms with E-state index in [1.807, 2.05) is 0 Å². The lowest BCUT2D eigenvalue weighted by atomic mass is 10.1. The maximum absolute atomic E-state index is 11.4. The van der Waals surface area contributed by atoms with E-state index in [2.05, 4.69) is 15.9 Å². The maximum atomic E-state index is 11.4. The molecule has 6 nitrogen and oxygen atoms in total. The van der Waals surface area contributed by atoms with Gasteiger partial charge in [0.2, 0.25) is 5.75 Å². The van der Waals surface area contributed by atoms with Crippen LogP contribution in [0.4, 0.5) is 0 Å². The Hall–Kier alpha value is -2.02. The molecule has 1 aromatic heterocycles. The van der Waals surface area contributed by atoms with Gasteiger partial charge in [0, 0.05) is 5.39 Å². The number of halogens is 1. The molecule has 0 spiro atoms. The molecule has 0 fully saturated rings. The molecule has 2 N–H and O–H groups in total. The molecule has 0 saturated carbocycles. The van der Waals surface area contributed by atoms with Crippen molar-refractivity contribution in [3.63, 3.8) is 0 Å². The van der Waals surface area contributed by atoms with Crippen molar-refractivity contribution >= 4 is 32.9 Å². The number of phenols is 1.